The number of nitrogens with one attached hydrogen (secondary N) is 2. The van der Waals surface area contributed by atoms with E-state index in [0.29, 0.717) is 39.4 Å². The van der Waals surface area contributed by atoms with E-state index in [4.69, 9.17) is 4.74 Å². The standard InChI is InChI=1S/C25H28N6O4S2/c1-3-31-22(19(13-32)27-23(34)15-8-10-16(35-2)11-9-15)29-30-25(31)36-14-21(33)28-24-18(12-26)17-6-4-5-7-20(17)37-24/h8-11,19,32H,3-7,13-14H2,1-2H3,(H,27,34)(H,28,33). The Bertz CT molecular complexity index is 1310. The molecule has 0 saturated carbocycles. The van der Waals surface area contributed by atoms with Gasteiger partial charge in [0.05, 0.1) is 25.0 Å². The van der Waals surface area contributed by atoms with Crippen LogP contribution in [0, 0.1) is 11.3 Å². The Balaban J connectivity index is 1.41. The van der Waals surface area contributed by atoms with Crippen molar-refractivity contribution in [1.82, 2.24) is 20.1 Å². The highest BCUT2D eigenvalue weighted by molar-refractivity contribution is 7.99. The number of rotatable bonds is 10. The van der Waals surface area contributed by atoms with Crippen molar-refractivity contribution in [3.63, 3.8) is 0 Å². The van der Waals surface area contributed by atoms with Crippen LogP contribution in [-0.4, -0.2) is 51.2 Å². The van der Waals surface area contributed by atoms with E-state index in [1.54, 1.807) is 35.9 Å². The lowest BCUT2D eigenvalue weighted by Crippen LogP contribution is -2.32. The summed E-state index contributed by atoms with van der Waals surface area (Å²) in [5.41, 5.74) is 2.07. The summed E-state index contributed by atoms with van der Waals surface area (Å²) in [6, 6.07) is 8.11. The number of thioether (sulfide) groups is 1. The third-order valence-electron chi connectivity index (χ3n) is 6.08. The van der Waals surface area contributed by atoms with Crippen LogP contribution in [-0.2, 0) is 24.2 Å². The Morgan fingerprint density at radius 3 is 2.70 bits per heavy atom. The molecule has 1 aliphatic rings. The molecular formula is C25H28N6O4S2. The predicted molar refractivity (Wildman–Crippen MR) is 141 cm³/mol. The van der Waals surface area contributed by atoms with Gasteiger partial charge in [0.1, 0.15) is 22.9 Å². The molecule has 0 bridgehead atoms. The predicted octanol–water partition coefficient (Wildman–Crippen LogP) is 3.31. The molecule has 10 nitrogen and oxygen atoms in total. The van der Waals surface area contributed by atoms with Gasteiger partial charge in [0.25, 0.3) is 5.91 Å². The van der Waals surface area contributed by atoms with Crippen LogP contribution in [0.1, 0.15) is 58.0 Å². The van der Waals surface area contributed by atoms with Crippen molar-refractivity contribution < 1.29 is 19.4 Å². The number of carbonyl (C=O) groups is 2. The molecule has 2 heterocycles. The number of ether oxygens (including phenoxy) is 1. The zero-order valence-corrected chi connectivity index (χ0v) is 22.2. The number of nitriles is 1. The number of aliphatic hydroxyl groups excluding tert-OH is 1. The number of benzene rings is 1. The van der Waals surface area contributed by atoms with Crippen molar-refractivity contribution in [3.05, 3.63) is 51.7 Å². The van der Waals surface area contributed by atoms with E-state index in [1.807, 2.05) is 6.92 Å². The summed E-state index contributed by atoms with van der Waals surface area (Å²) in [6.07, 6.45) is 3.99. The molecule has 3 aromatic rings. The molecule has 37 heavy (non-hydrogen) atoms. The van der Waals surface area contributed by atoms with Crippen molar-refractivity contribution in [3.8, 4) is 11.8 Å². The van der Waals surface area contributed by atoms with Crippen LogP contribution in [0.3, 0.4) is 0 Å². The molecule has 0 fully saturated rings. The number of amides is 2. The number of anilines is 1. The summed E-state index contributed by atoms with van der Waals surface area (Å²) in [7, 11) is 1.55. The van der Waals surface area contributed by atoms with Gasteiger partial charge < -0.3 is 25.0 Å². The Morgan fingerprint density at radius 2 is 2.03 bits per heavy atom. The minimum atomic E-state index is -0.777. The summed E-state index contributed by atoms with van der Waals surface area (Å²) < 4.78 is 6.88. The summed E-state index contributed by atoms with van der Waals surface area (Å²) in [6.45, 7) is 2.01. The minimum Gasteiger partial charge on any atom is -0.497 e. The quantitative estimate of drug-likeness (QED) is 0.333. The molecule has 4 rings (SSSR count). The van der Waals surface area contributed by atoms with E-state index in [9.17, 15) is 20.0 Å². The second-order valence-electron chi connectivity index (χ2n) is 8.39. The minimum absolute atomic E-state index is 0.0770. The van der Waals surface area contributed by atoms with E-state index in [1.165, 1.54) is 28.0 Å². The Labute approximate surface area is 223 Å². The Morgan fingerprint density at radius 1 is 1.27 bits per heavy atom. The van der Waals surface area contributed by atoms with Gasteiger partial charge in [-0.05, 0) is 62.4 Å². The first kappa shape index (κ1) is 26.7. The van der Waals surface area contributed by atoms with E-state index in [2.05, 4.69) is 26.9 Å². The highest BCUT2D eigenvalue weighted by Crippen LogP contribution is 2.37. The summed E-state index contributed by atoms with van der Waals surface area (Å²) >= 11 is 2.70. The molecule has 2 amide bonds. The fourth-order valence-corrected chi connectivity index (χ4v) is 6.27. The molecule has 1 unspecified atom stereocenters. The molecule has 3 N–H and O–H groups in total. The zero-order valence-electron chi connectivity index (χ0n) is 20.6. The molecule has 0 saturated heterocycles. The van der Waals surface area contributed by atoms with Crippen molar-refractivity contribution >= 4 is 39.9 Å². The van der Waals surface area contributed by atoms with Crippen LogP contribution in [0.2, 0.25) is 0 Å². The van der Waals surface area contributed by atoms with Gasteiger partial charge in [0, 0.05) is 17.0 Å². The average molecular weight is 541 g/mol. The molecule has 0 aliphatic heterocycles. The highest BCUT2D eigenvalue weighted by atomic mass is 32.2. The number of nitrogens with zero attached hydrogens (tertiary/aromatic N) is 4. The fourth-order valence-electron chi connectivity index (χ4n) is 4.20. The summed E-state index contributed by atoms with van der Waals surface area (Å²) in [5, 5.41) is 34.8. The maximum Gasteiger partial charge on any atom is 0.251 e. The molecule has 1 atom stereocenters. The third kappa shape index (κ3) is 5.95. The fraction of sp³-hybridized carbons (Fsp3) is 0.400. The van der Waals surface area contributed by atoms with Gasteiger partial charge >= 0.3 is 0 Å². The van der Waals surface area contributed by atoms with Crippen molar-refractivity contribution in [1.29, 1.82) is 5.26 Å². The van der Waals surface area contributed by atoms with Crippen LogP contribution < -0.4 is 15.4 Å². The number of aryl methyl sites for hydroxylation is 1. The average Bonchev–Trinajstić information content (AvgIpc) is 3.50. The second kappa shape index (κ2) is 12.2. The highest BCUT2D eigenvalue weighted by Gasteiger charge is 2.24. The number of thiophene rings is 1. The first-order valence-electron chi connectivity index (χ1n) is 11.9. The topological polar surface area (TPSA) is 142 Å². The maximum absolute atomic E-state index is 12.7. The molecular weight excluding hydrogens is 512 g/mol. The third-order valence-corrected chi connectivity index (χ3v) is 8.26. The molecule has 2 aromatic heterocycles. The van der Waals surface area contributed by atoms with Crippen LogP contribution in [0.15, 0.2) is 29.4 Å². The van der Waals surface area contributed by atoms with Gasteiger partial charge in [-0.3, -0.25) is 9.59 Å². The number of aromatic nitrogens is 3. The lowest BCUT2D eigenvalue weighted by atomic mass is 9.96. The van der Waals surface area contributed by atoms with E-state index >= 15 is 0 Å². The number of fused-ring (bicyclic) bond motifs is 1. The molecule has 194 valence electrons. The first-order valence-corrected chi connectivity index (χ1v) is 13.7. The van der Waals surface area contributed by atoms with Gasteiger partial charge in [-0.2, -0.15) is 5.26 Å². The smallest absolute Gasteiger partial charge is 0.251 e. The molecule has 0 spiro atoms. The number of aliphatic hydroxyl groups is 1. The van der Waals surface area contributed by atoms with Crippen LogP contribution in [0.25, 0.3) is 0 Å². The van der Waals surface area contributed by atoms with Gasteiger partial charge in [-0.25, -0.2) is 0 Å². The van der Waals surface area contributed by atoms with E-state index in [0.717, 1.165) is 31.2 Å². The molecule has 1 aromatic carbocycles. The van der Waals surface area contributed by atoms with Gasteiger partial charge in [0.2, 0.25) is 5.91 Å². The molecule has 1 aliphatic carbocycles. The summed E-state index contributed by atoms with van der Waals surface area (Å²) in [4.78, 5) is 26.6. The number of hydrogen-bond acceptors (Lipinski definition) is 9. The van der Waals surface area contributed by atoms with Crippen molar-refractivity contribution in [2.75, 3.05) is 24.8 Å². The number of carbonyl (C=O) groups excluding carboxylic acids is 2. The molecule has 0 radical (unpaired) electrons. The maximum atomic E-state index is 12.7. The van der Waals surface area contributed by atoms with Crippen LogP contribution in [0.5, 0.6) is 5.75 Å². The Hall–Kier alpha value is -3.40. The van der Waals surface area contributed by atoms with Crippen molar-refractivity contribution in [2.45, 2.75) is 50.4 Å². The van der Waals surface area contributed by atoms with Gasteiger partial charge in [-0.1, -0.05) is 11.8 Å². The Kier molecular flexibility index (Phi) is 8.81. The monoisotopic (exact) mass is 540 g/mol. The van der Waals surface area contributed by atoms with Gasteiger partial charge in [0.15, 0.2) is 11.0 Å². The zero-order chi connectivity index (χ0) is 26.4. The van der Waals surface area contributed by atoms with E-state index in [-0.39, 0.29) is 24.2 Å². The second-order valence-corrected chi connectivity index (χ2v) is 10.4. The molecule has 12 heteroatoms. The summed E-state index contributed by atoms with van der Waals surface area (Å²) in [5.74, 6) is 0.501. The number of hydrogen-bond donors (Lipinski definition) is 3. The van der Waals surface area contributed by atoms with E-state index < -0.39 is 6.04 Å². The largest absolute Gasteiger partial charge is 0.497 e. The van der Waals surface area contributed by atoms with Crippen molar-refractivity contribution in [2.24, 2.45) is 0 Å². The SMILES string of the molecule is CCn1c(SCC(=O)Nc2sc3c(c2C#N)CCCC3)nnc1C(CO)NC(=O)c1ccc(OC)cc1. The number of methoxy groups -OCH3 is 1. The van der Waals surface area contributed by atoms with Crippen LogP contribution in [0.4, 0.5) is 5.00 Å². The lowest BCUT2D eigenvalue weighted by molar-refractivity contribution is -0.113. The first-order chi connectivity index (χ1) is 18.0. The lowest BCUT2D eigenvalue weighted by Gasteiger charge is -2.17. The van der Waals surface area contributed by atoms with Gasteiger partial charge in [-0.15, -0.1) is 21.5 Å². The van der Waals surface area contributed by atoms with Crippen LogP contribution >= 0.6 is 23.1 Å². The normalized spacial score (nSPS) is 13.4.